The second kappa shape index (κ2) is 5.70. The van der Waals surface area contributed by atoms with E-state index in [-0.39, 0.29) is 0 Å². The highest BCUT2D eigenvalue weighted by Crippen LogP contribution is 2.17. The number of hydrogen-bond acceptors (Lipinski definition) is 2. The molecule has 0 spiro atoms. The summed E-state index contributed by atoms with van der Waals surface area (Å²) < 4.78 is 7.75. The van der Waals surface area contributed by atoms with Crippen molar-refractivity contribution in [1.29, 1.82) is 5.26 Å². The van der Waals surface area contributed by atoms with Gasteiger partial charge in [0.1, 0.15) is 0 Å². The van der Waals surface area contributed by atoms with Crippen molar-refractivity contribution in [2.24, 2.45) is 5.92 Å². The van der Waals surface area contributed by atoms with Crippen LogP contribution in [0.3, 0.4) is 0 Å². The average Bonchev–Trinajstić information content (AvgIpc) is 2.76. The van der Waals surface area contributed by atoms with E-state index in [1.54, 1.807) is 0 Å². The molecule has 0 aliphatic rings. The summed E-state index contributed by atoms with van der Waals surface area (Å²) >= 11 is 0. The molecular weight excluding hydrogens is 224 g/mol. The first-order valence-corrected chi connectivity index (χ1v) is 6.27. The number of fused-ring (bicyclic) bond motifs is 1. The molecule has 0 saturated carbocycles. The summed E-state index contributed by atoms with van der Waals surface area (Å²) in [6.07, 6.45) is 2.05. The lowest BCUT2D eigenvalue weighted by atomic mass is 10.2. The minimum atomic E-state index is 0.574. The monoisotopic (exact) mass is 242 g/mol. The molecule has 0 aliphatic carbocycles. The summed E-state index contributed by atoms with van der Waals surface area (Å²) in [7, 11) is 0. The Labute approximate surface area is 108 Å². The Hall–Kier alpha value is -1.79. The Bertz CT molecular complexity index is 563. The van der Waals surface area contributed by atoms with E-state index in [0.29, 0.717) is 11.5 Å². The summed E-state index contributed by atoms with van der Waals surface area (Å²) in [4.78, 5) is 0. The van der Waals surface area contributed by atoms with Gasteiger partial charge in [0.2, 0.25) is 0 Å². The van der Waals surface area contributed by atoms with E-state index in [9.17, 15) is 0 Å². The molecule has 0 amide bonds. The quantitative estimate of drug-likeness (QED) is 0.755. The zero-order valence-corrected chi connectivity index (χ0v) is 10.9. The second-order valence-electron chi connectivity index (χ2n) is 4.86. The van der Waals surface area contributed by atoms with Crippen molar-refractivity contribution in [2.75, 3.05) is 13.2 Å². The number of nitrogens with zero attached hydrogens (tertiary/aromatic N) is 2. The fraction of sp³-hybridized carbons (Fsp3) is 0.400. The van der Waals surface area contributed by atoms with Crippen LogP contribution >= 0.6 is 0 Å². The summed E-state index contributed by atoms with van der Waals surface area (Å²) in [6.45, 7) is 6.67. The van der Waals surface area contributed by atoms with Crippen LogP contribution in [0.2, 0.25) is 0 Å². The van der Waals surface area contributed by atoms with Crippen LogP contribution in [0.25, 0.3) is 10.9 Å². The van der Waals surface area contributed by atoms with Crippen LogP contribution in [-0.4, -0.2) is 17.8 Å². The number of aromatic nitrogens is 1. The molecule has 0 bridgehead atoms. The summed E-state index contributed by atoms with van der Waals surface area (Å²) in [5.74, 6) is 0.574. The normalized spacial score (nSPS) is 11.0. The molecule has 3 heteroatoms. The maximum atomic E-state index is 8.85. The van der Waals surface area contributed by atoms with Gasteiger partial charge in [-0.3, -0.25) is 0 Å². The number of rotatable bonds is 5. The van der Waals surface area contributed by atoms with Gasteiger partial charge >= 0.3 is 0 Å². The molecular formula is C15H18N2O. The molecule has 94 valence electrons. The molecule has 2 aromatic rings. The van der Waals surface area contributed by atoms with Crippen LogP contribution in [-0.2, 0) is 11.3 Å². The molecule has 0 N–H and O–H groups in total. The first kappa shape index (κ1) is 12.7. The topological polar surface area (TPSA) is 38.0 Å². The molecule has 18 heavy (non-hydrogen) atoms. The lowest BCUT2D eigenvalue weighted by Crippen LogP contribution is -2.08. The van der Waals surface area contributed by atoms with Gasteiger partial charge in [0.15, 0.2) is 0 Å². The van der Waals surface area contributed by atoms with Gasteiger partial charge in [-0.1, -0.05) is 13.8 Å². The predicted octanol–water partition coefficient (Wildman–Crippen LogP) is 3.19. The minimum absolute atomic E-state index is 0.574. The van der Waals surface area contributed by atoms with Crippen molar-refractivity contribution in [2.45, 2.75) is 20.4 Å². The van der Waals surface area contributed by atoms with Crippen molar-refractivity contribution >= 4 is 10.9 Å². The van der Waals surface area contributed by atoms with Crippen molar-refractivity contribution < 1.29 is 4.74 Å². The van der Waals surface area contributed by atoms with Crippen LogP contribution < -0.4 is 0 Å². The fourth-order valence-corrected chi connectivity index (χ4v) is 1.95. The molecule has 1 heterocycles. The van der Waals surface area contributed by atoms with Crippen molar-refractivity contribution in [1.82, 2.24) is 4.57 Å². The average molecular weight is 242 g/mol. The highest BCUT2D eigenvalue weighted by atomic mass is 16.5. The second-order valence-corrected chi connectivity index (χ2v) is 4.86. The number of nitriles is 1. The SMILES string of the molecule is CC(C)COCCn1ccc2cc(C#N)ccc21. The van der Waals surface area contributed by atoms with Gasteiger partial charge in [-0.2, -0.15) is 5.26 Å². The molecule has 1 aromatic carbocycles. The third kappa shape index (κ3) is 2.91. The van der Waals surface area contributed by atoms with Gasteiger partial charge in [-0.05, 0) is 30.2 Å². The van der Waals surface area contributed by atoms with Crippen LogP contribution in [0.5, 0.6) is 0 Å². The van der Waals surface area contributed by atoms with Crippen molar-refractivity contribution in [3.8, 4) is 6.07 Å². The van der Waals surface area contributed by atoms with Crippen LogP contribution in [0, 0.1) is 17.2 Å². The van der Waals surface area contributed by atoms with E-state index < -0.39 is 0 Å². The third-order valence-electron chi connectivity index (χ3n) is 2.83. The van der Waals surface area contributed by atoms with E-state index in [1.807, 2.05) is 30.5 Å². The van der Waals surface area contributed by atoms with Crippen LogP contribution in [0.1, 0.15) is 19.4 Å². The smallest absolute Gasteiger partial charge is 0.0991 e. The molecule has 0 unspecified atom stereocenters. The van der Waals surface area contributed by atoms with Gasteiger partial charge in [0.05, 0.1) is 18.2 Å². The summed E-state index contributed by atoms with van der Waals surface area (Å²) in [5.41, 5.74) is 1.86. The van der Waals surface area contributed by atoms with Gasteiger partial charge in [-0.25, -0.2) is 0 Å². The van der Waals surface area contributed by atoms with E-state index in [0.717, 1.165) is 30.7 Å². The lowest BCUT2D eigenvalue weighted by Gasteiger charge is -2.08. The standard InChI is InChI=1S/C15H18N2O/c1-12(2)11-18-8-7-17-6-5-14-9-13(10-16)3-4-15(14)17/h3-6,9,12H,7-8,11H2,1-2H3. The van der Waals surface area contributed by atoms with E-state index in [1.165, 1.54) is 0 Å². The van der Waals surface area contributed by atoms with E-state index in [4.69, 9.17) is 10.00 Å². The fourth-order valence-electron chi connectivity index (χ4n) is 1.95. The Morgan fingerprint density at radius 3 is 2.89 bits per heavy atom. The molecule has 0 fully saturated rings. The Balaban J connectivity index is 2.04. The maximum Gasteiger partial charge on any atom is 0.0991 e. The molecule has 2 rings (SSSR count). The minimum Gasteiger partial charge on any atom is -0.379 e. The van der Waals surface area contributed by atoms with Gasteiger partial charge < -0.3 is 9.30 Å². The molecule has 0 saturated heterocycles. The zero-order chi connectivity index (χ0) is 13.0. The third-order valence-corrected chi connectivity index (χ3v) is 2.83. The largest absolute Gasteiger partial charge is 0.379 e. The number of hydrogen-bond donors (Lipinski definition) is 0. The number of ether oxygens (including phenoxy) is 1. The number of benzene rings is 1. The first-order chi connectivity index (χ1) is 8.70. The zero-order valence-electron chi connectivity index (χ0n) is 10.9. The van der Waals surface area contributed by atoms with Gasteiger partial charge in [-0.15, -0.1) is 0 Å². The molecule has 0 radical (unpaired) electrons. The van der Waals surface area contributed by atoms with Crippen LogP contribution in [0.15, 0.2) is 30.5 Å². The highest BCUT2D eigenvalue weighted by molar-refractivity contribution is 5.81. The van der Waals surface area contributed by atoms with E-state index in [2.05, 4.69) is 24.5 Å². The Kier molecular flexibility index (Phi) is 4.01. The van der Waals surface area contributed by atoms with Crippen molar-refractivity contribution in [3.63, 3.8) is 0 Å². The summed E-state index contributed by atoms with van der Waals surface area (Å²) in [5, 5.41) is 9.96. The Morgan fingerprint density at radius 1 is 1.33 bits per heavy atom. The molecule has 1 aromatic heterocycles. The Morgan fingerprint density at radius 2 is 2.17 bits per heavy atom. The predicted molar refractivity (Wildman–Crippen MR) is 72.3 cm³/mol. The highest BCUT2D eigenvalue weighted by Gasteiger charge is 2.02. The maximum absolute atomic E-state index is 8.85. The lowest BCUT2D eigenvalue weighted by molar-refractivity contribution is 0.104. The van der Waals surface area contributed by atoms with Crippen LogP contribution in [0.4, 0.5) is 0 Å². The van der Waals surface area contributed by atoms with E-state index >= 15 is 0 Å². The first-order valence-electron chi connectivity index (χ1n) is 6.27. The molecule has 3 nitrogen and oxygen atoms in total. The molecule has 0 aliphatic heterocycles. The summed E-state index contributed by atoms with van der Waals surface area (Å²) in [6, 6.07) is 9.97. The van der Waals surface area contributed by atoms with Crippen molar-refractivity contribution in [3.05, 3.63) is 36.0 Å². The molecule has 0 atom stereocenters. The van der Waals surface area contributed by atoms with Gasteiger partial charge in [0, 0.05) is 30.3 Å². The van der Waals surface area contributed by atoms with Gasteiger partial charge in [0.25, 0.3) is 0 Å².